The zero-order chi connectivity index (χ0) is 15.7. The molecule has 0 spiro atoms. The second-order valence-electron chi connectivity index (χ2n) is 5.91. The largest absolute Gasteiger partial charge is 0.508 e. The highest BCUT2D eigenvalue weighted by molar-refractivity contribution is 5.78. The van der Waals surface area contributed by atoms with E-state index >= 15 is 0 Å². The number of benzene rings is 2. The van der Waals surface area contributed by atoms with E-state index in [4.69, 9.17) is 4.74 Å². The smallest absolute Gasteiger partial charge is 0.312 e. The van der Waals surface area contributed by atoms with Gasteiger partial charge in [-0.2, -0.15) is 0 Å². The van der Waals surface area contributed by atoms with Crippen molar-refractivity contribution in [3.05, 3.63) is 53.6 Å². The second kappa shape index (κ2) is 5.84. The normalized spacial score (nSPS) is 15.4. The summed E-state index contributed by atoms with van der Waals surface area (Å²) >= 11 is 0. The van der Waals surface area contributed by atoms with Gasteiger partial charge in [-0.15, -0.1) is 0 Å². The Morgan fingerprint density at radius 2 is 1.86 bits per heavy atom. The van der Waals surface area contributed by atoms with Crippen LogP contribution in [-0.2, 0) is 9.53 Å². The van der Waals surface area contributed by atoms with Crippen LogP contribution < -0.4 is 0 Å². The first-order valence-corrected chi connectivity index (χ1v) is 7.61. The first kappa shape index (κ1) is 14.6. The SMILES string of the molecule is COC(=O)C(C)c1ccc(-c2ccc(O)cc2)c(C2CC2)c1. The van der Waals surface area contributed by atoms with Crippen LogP contribution in [-0.4, -0.2) is 18.2 Å². The molecule has 3 heteroatoms. The Kier molecular flexibility index (Phi) is 3.88. The van der Waals surface area contributed by atoms with E-state index in [1.54, 1.807) is 12.1 Å². The summed E-state index contributed by atoms with van der Waals surface area (Å²) in [6, 6.07) is 13.5. The van der Waals surface area contributed by atoms with Crippen LogP contribution in [0.15, 0.2) is 42.5 Å². The van der Waals surface area contributed by atoms with Gasteiger partial charge >= 0.3 is 5.97 Å². The molecule has 114 valence electrons. The summed E-state index contributed by atoms with van der Waals surface area (Å²) < 4.78 is 4.84. The van der Waals surface area contributed by atoms with Gasteiger partial charge in [-0.3, -0.25) is 4.79 Å². The second-order valence-corrected chi connectivity index (χ2v) is 5.91. The van der Waals surface area contributed by atoms with Crippen molar-refractivity contribution in [1.29, 1.82) is 0 Å². The Balaban J connectivity index is 2.01. The summed E-state index contributed by atoms with van der Waals surface area (Å²) in [4.78, 5) is 11.8. The molecule has 0 aromatic heterocycles. The van der Waals surface area contributed by atoms with Crippen molar-refractivity contribution >= 4 is 5.97 Å². The van der Waals surface area contributed by atoms with Crippen molar-refractivity contribution in [2.45, 2.75) is 31.6 Å². The molecule has 1 unspecified atom stereocenters. The summed E-state index contributed by atoms with van der Waals surface area (Å²) in [6.07, 6.45) is 2.39. The van der Waals surface area contributed by atoms with E-state index < -0.39 is 0 Å². The summed E-state index contributed by atoms with van der Waals surface area (Å²) in [7, 11) is 1.42. The average Bonchev–Trinajstić information content (AvgIpc) is 3.38. The van der Waals surface area contributed by atoms with E-state index in [-0.39, 0.29) is 17.6 Å². The van der Waals surface area contributed by atoms with E-state index in [0.717, 1.165) is 11.1 Å². The van der Waals surface area contributed by atoms with E-state index in [2.05, 4.69) is 12.1 Å². The van der Waals surface area contributed by atoms with Crippen LogP contribution in [0.3, 0.4) is 0 Å². The molecule has 0 radical (unpaired) electrons. The quantitative estimate of drug-likeness (QED) is 0.860. The Morgan fingerprint density at radius 3 is 2.45 bits per heavy atom. The maximum Gasteiger partial charge on any atom is 0.312 e. The number of phenolic OH excluding ortho intramolecular Hbond substituents is 1. The number of carbonyl (C=O) groups is 1. The fourth-order valence-corrected chi connectivity index (χ4v) is 2.80. The summed E-state index contributed by atoms with van der Waals surface area (Å²) in [6.45, 7) is 1.87. The molecule has 3 nitrogen and oxygen atoms in total. The standard InChI is InChI=1S/C19H20O3/c1-12(19(21)22-2)15-7-10-17(18(11-15)14-3-4-14)13-5-8-16(20)9-6-13/h5-12,14,20H,3-4H2,1-2H3. The minimum absolute atomic E-state index is 0.209. The number of carbonyl (C=O) groups excluding carboxylic acids is 1. The van der Waals surface area contributed by atoms with Crippen LogP contribution in [0.2, 0.25) is 0 Å². The van der Waals surface area contributed by atoms with Gasteiger partial charge in [0.1, 0.15) is 5.75 Å². The third-order valence-electron chi connectivity index (χ3n) is 4.33. The van der Waals surface area contributed by atoms with Crippen LogP contribution in [0.25, 0.3) is 11.1 Å². The number of hydrogen-bond donors (Lipinski definition) is 1. The van der Waals surface area contributed by atoms with Crippen molar-refractivity contribution in [3.63, 3.8) is 0 Å². The fourth-order valence-electron chi connectivity index (χ4n) is 2.80. The molecular formula is C19H20O3. The van der Waals surface area contributed by atoms with Crippen molar-refractivity contribution in [2.75, 3.05) is 7.11 Å². The molecule has 1 N–H and O–H groups in total. The highest BCUT2D eigenvalue weighted by atomic mass is 16.5. The van der Waals surface area contributed by atoms with Gasteiger partial charge in [-0.05, 0) is 60.1 Å². The maximum atomic E-state index is 11.8. The average molecular weight is 296 g/mol. The summed E-state index contributed by atoms with van der Waals surface area (Å²) in [5.41, 5.74) is 4.57. The predicted octanol–water partition coefficient (Wildman–Crippen LogP) is 4.21. The minimum atomic E-state index is -0.253. The lowest BCUT2D eigenvalue weighted by molar-refractivity contribution is -0.141. The van der Waals surface area contributed by atoms with E-state index in [9.17, 15) is 9.90 Å². The number of esters is 1. The van der Waals surface area contributed by atoms with Crippen LogP contribution >= 0.6 is 0 Å². The Labute approximate surface area is 130 Å². The molecule has 1 aliphatic rings. The Hall–Kier alpha value is -2.29. The lowest BCUT2D eigenvalue weighted by atomic mass is 9.91. The lowest BCUT2D eigenvalue weighted by Crippen LogP contribution is -2.11. The zero-order valence-corrected chi connectivity index (χ0v) is 12.9. The maximum absolute atomic E-state index is 11.8. The molecule has 3 rings (SSSR count). The molecule has 0 heterocycles. The highest BCUT2D eigenvalue weighted by Gasteiger charge is 2.28. The highest BCUT2D eigenvalue weighted by Crippen LogP contribution is 2.45. The third-order valence-corrected chi connectivity index (χ3v) is 4.33. The van der Waals surface area contributed by atoms with Gasteiger partial charge in [0.2, 0.25) is 0 Å². The van der Waals surface area contributed by atoms with Gasteiger partial charge in [-0.1, -0.05) is 30.3 Å². The molecule has 0 amide bonds. The molecule has 0 saturated heterocycles. The summed E-state index contributed by atoms with van der Waals surface area (Å²) in [5.74, 6) is 0.386. The number of rotatable bonds is 4. The van der Waals surface area contributed by atoms with Gasteiger partial charge in [-0.25, -0.2) is 0 Å². The molecule has 1 saturated carbocycles. The number of aromatic hydroxyl groups is 1. The Morgan fingerprint density at radius 1 is 1.18 bits per heavy atom. The molecule has 1 fully saturated rings. The van der Waals surface area contributed by atoms with Gasteiger partial charge in [0.15, 0.2) is 0 Å². The van der Waals surface area contributed by atoms with Crippen molar-refractivity contribution in [3.8, 4) is 16.9 Å². The molecular weight excluding hydrogens is 276 g/mol. The molecule has 1 atom stereocenters. The van der Waals surface area contributed by atoms with Crippen molar-refractivity contribution in [2.24, 2.45) is 0 Å². The minimum Gasteiger partial charge on any atom is -0.508 e. The molecule has 0 aliphatic heterocycles. The predicted molar refractivity (Wildman–Crippen MR) is 85.9 cm³/mol. The number of hydrogen-bond acceptors (Lipinski definition) is 3. The van der Waals surface area contributed by atoms with Crippen LogP contribution in [0, 0.1) is 0 Å². The van der Waals surface area contributed by atoms with E-state index in [1.807, 2.05) is 25.1 Å². The molecule has 2 aromatic carbocycles. The molecule has 22 heavy (non-hydrogen) atoms. The fraction of sp³-hybridized carbons (Fsp3) is 0.316. The van der Waals surface area contributed by atoms with E-state index in [0.29, 0.717) is 5.92 Å². The lowest BCUT2D eigenvalue weighted by Gasteiger charge is -2.15. The summed E-state index contributed by atoms with van der Waals surface area (Å²) in [5, 5.41) is 9.45. The zero-order valence-electron chi connectivity index (χ0n) is 12.9. The third kappa shape index (κ3) is 2.84. The topological polar surface area (TPSA) is 46.5 Å². The van der Waals surface area contributed by atoms with Crippen LogP contribution in [0.4, 0.5) is 0 Å². The van der Waals surface area contributed by atoms with E-state index in [1.165, 1.54) is 31.1 Å². The van der Waals surface area contributed by atoms with Gasteiger partial charge in [0, 0.05) is 0 Å². The van der Waals surface area contributed by atoms with Gasteiger partial charge in [0.05, 0.1) is 13.0 Å². The molecule has 2 aromatic rings. The first-order valence-electron chi connectivity index (χ1n) is 7.61. The molecule has 0 bridgehead atoms. The number of methoxy groups -OCH3 is 1. The van der Waals surface area contributed by atoms with Crippen LogP contribution in [0.5, 0.6) is 5.75 Å². The van der Waals surface area contributed by atoms with Gasteiger partial charge < -0.3 is 9.84 Å². The molecule has 1 aliphatic carbocycles. The number of ether oxygens (including phenoxy) is 1. The monoisotopic (exact) mass is 296 g/mol. The van der Waals surface area contributed by atoms with Crippen molar-refractivity contribution < 1.29 is 14.6 Å². The Bertz CT molecular complexity index is 684. The van der Waals surface area contributed by atoms with Crippen molar-refractivity contribution in [1.82, 2.24) is 0 Å². The first-order chi connectivity index (χ1) is 10.6. The van der Waals surface area contributed by atoms with Crippen LogP contribution in [0.1, 0.15) is 42.7 Å². The number of phenols is 1. The van der Waals surface area contributed by atoms with Gasteiger partial charge in [0.25, 0.3) is 0 Å².